The number of benzene rings is 2. The van der Waals surface area contributed by atoms with Crippen LogP contribution >= 0.6 is 0 Å². The first kappa shape index (κ1) is 12.3. The maximum absolute atomic E-state index is 11.0. The number of ether oxygens (including phenoxy) is 1. The Morgan fingerprint density at radius 2 is 1.83 bits per heavy atom. The number of hydrogen-bond acceptors (Lipinski definition) is 3. The minimum absolute atomic E-state index is 0.155. The zero-order valence-corrected chi connectivity index (χ0v) is 10.1. The van der Waals surface area contributed by atoms with E-state index in [4.69, 9.17) is 4.74 Å². The number of rotatable bonds is 3. The number of hydrogen-bond donors (Lipinski definition) is 1. The molecule has 0 aliphatic heterocycles. The topological polar surface area (TPSA) is 46.5 Å². The molecular weight excluding hydrogens is 228 g/mol. The fourth-order valence-electron chi connectivity index (χ4n) is 1.75. The van der Waals surface area contributed by atoms with Crippen molar-refractivity contribution in [3.8, 4) is 16.9 Å². The largest absolute Gasteiger partial charge is 0.426 e. The molecule has 2 aromatic rings. The lowest BCUT2D eigenvalue weighted by atomic mass is 10.0. The highest BCUT2D eigenvalue weighted by Crippen LogP contribution is 2.27. The van der Waals surface area contributed by atoms with Gasteiger partial charge in [-0.2, -0.15) is 0 Å². The van der Waals surface area contributed by atoms with E-state index in [1.165, 1.54) is 6.92 Å². The third-order valence-electron chi connectivity index (χ3n) is 2.60. The number of carbonyl (C=O) groups excluding carboxylic acids is 1. The van der Waals surface area contributed by atoms with E-state index in [9.17, 15) is 9.90 Å². The Kier molecular flexibility index (Phi) is 3.75. The third-order valence-corrected chi connectivity index (χ3v) is 2.60. The Morgan fingerprint density at radius 1 is 1.11 bits per heavy atom. The van der Waals surface area contributed by atoms with Gasteiger partial charge in [-0.1, -0.05) is 42.5 Å². The monoisotopic (exact) mass is 242 g/mol. The first-order chi connectivity index (χ1) is 8.70. The summed E-state index contributed by atoms with van der Waals surface area (Å²) >= 11 is 0. The van der Waals surface area contributed by atoms with Gasteiger partial charge in [-0.15, -0.1) is 0 Å². The summed E-state index contributed by atoms with van der Waals surface area (Å²) in [7, 11) is 0. The molecular formula is C15H14O3. The Balaban J connectivity index is 2.42. The molecule has 0 fully saturated rings. The fourth-order valence-corrected chi connectivity index (χ4v) is 1.75. The third kappa shape index (κ3) is 2.76. The summed E-state index contributed by atoms with van der Waals surface area (Å²) in [6.45, 7) is 1.19. The van der Waals surface area contributed by atoms with E-state index < -0.39 is 5.97 Å². The first-order valence-corrected chi connectivity index (χ1v) is 5.68. The fraction of sp³-hybridized carbons (Fsp3) is 0.133. The molecule has 0 aliphatic rings. The number of esters is 1. The van der Waals surface area contributed by atoms with Gasteiger partial charge < -0.3 is 9.84 Å². The molecule has 0 radical (unpaired) electrons. The average molecular weight is 242 g/mol. The molecule has 3 nitrogen and oxygen atoms in total. The van der Waals surface area contributed by atoms with Gasteiger partial charge in [0, 0.05) is 12.5 Å². The highest BCUT2D eigenvalue weighted by Gasteiger charge is 2.07. The Labute approximate surface area is 106 Å². The molecule has 92 valence electrons. The van der Waals surface area contributed by atoms with Gasteiger partial charge in [0.15, 0.2) is 0 Å². The molecule has 18 heavy (non-hydrogen) atoms. The van der Waals surface area contributed by atoms with Crippen LogP contribution in [-0.2, 0) is 11.4 Å². The maximum Gasteiger partial charge on any atom is 0.308 e. The van der Waals surface area contributed by atoms with Gasteiger partial charge in [-0.05, 0) is 17.2 Å². The summed E-state index contributed by atoms with van der Waals surface area (Å²) in [5.74, 6) is 0.0151. The molecule has 0 aromatic heterocycles. The highest BCUT2D eigenvalue weighted by molar-refractivity contribution is 5.72. The molecule has 0 aliphatic carbocycles. The summed E-state index contributed by atoms with van der Waals surface area (Å²) < 4.78 is 5.10. The van der Waals surface area contributed by atoms with E-state index in [0.29, 0.717) is 11.3 Å². The van der Waals surface area contributed by atoms with Gasteiger partial charge in [0.05, 0.1) is 6.61 Å². The summed E-state index contributed by atoms with van der Waals surface area (Å²) in [5.41, 5.74) is 2.59. The van der Waals surface area contributed by atoms with Crippen LogP contribution in [0.5, 0.6) is 5.75 Å². The van der Waals surface area contributed by atoms with Crippen molar-refractivity contribution in [2.75, 3.05) is 0 Å². The second-order valence-corrected chi connectivity index (χ2v) is 3.94. The number of aliphatic hydroxyl groups is 1. The first-order valence-electron chi connectivity index (χ1n) is 5.68. The van der Waals surface area contributed by atoms with Crippen LogP contribution in [-0.4, -0.2) is 11.1 Å². The van der Waals surface area contributed by atoms with Crippen molar-refractivity contribution in [1.29, 1.82) is 0 Å². The highest BCUT2D eigenvalue weighted by atomic mass is 16.5. The Bertz CT molecular complexity index is 547. The summed E-state index contributed by atoms with van der Waals surface area (Å²) in [6.07, 6.45) is 0. The average Bonchev–Trinajstić information content (AvgIpc) is 2.39. The van der Waals surface area contributed by atoms with Crippen LogP contribution < -0.4 is 4.74 Å². The molecule has 0 heterocycles. The molecule has 3 heteroatoms. The van der Waals surface area contributed by atoms with Crippen LogP contribution in [0.3, 0.4) is 0 Å². The predicted octanol–water partition coefficient (Wildman–Crippen LogP) is 2.77. The molecule has 0 unspecified atom stereocenters. The van der Waals surface area contributed by atoms with Gasteiger partial charge in [0.1, 0.15) is 5.75 Å². The van der Waals surface area contributed by atoms with Gasteiger partial charge >= 0.3 is 5.97 Å². The molecule has 0 saturated carbocycles. The Morgan fingerprint density at radius 3 is 2.44 bits per heavy atom. The van der Waals surface area contributed by atoms with E-state index in [-0.39, 0.29) is 6.61 Å². The van der Waals surface area contributed by atoms with Crippen LogP contribution in [0.25, 0.3) is 11.1 Å². The lowest BCUT2D eigenvalue weighted by Gasteiger charge is -2.09. The van der Waals surface area contributed by atoms with Crippen molar-refractivity contribution in [3.63, 3.8) is 0 Å². The summed E-state index contributed by atoms with van der Waals surface area (Å²) in [4.78, 5) is 11.0. The van der Waals surface area contributed by atoms with E-state index in [1.807, 2.05) is 36.4 Å². The van der Waals surface area contributed by atoms with Gasteiger partial charge in [0.25, 0.3) is 0 Å². The molecule has 1 N–H and O–H groups in total. The number of aliphatic hydroxyl groups excluding tert-OH is 1. The second kappa shape index (κ2) is 5.47. The summed E-state index contributed by atoms with van der Waals surface area (Å²) in [5, 5.41) is 9.20. The van der Waals surface area contributed by atoms with Crippen LogP contribution in [0.2, 0.25) is 0 Å². The standard InChI is InChI=1S/C15H14O3/c1-11(17)18-15-9-13(7-8-14(15)10-16)12-5-3-2-4-6-12/h2-9,16H,10H2,1H3. The lowest BCUT2D eigenvalue weighted by Crippen LogP contribution is -2.04. The minimum Gasteiger partial charge on any atom is -0.426 e. The van der Waals surface area contributed by atoms with Crippen molar-refractivity contribution >= 4 is 5.97 Å². The molecule has 2 rings (SSSR count). The van der Waals surface area contributed by atoms with Crippen LogP contribution in [0.15, 0.2) is 48.5 Å². The minimum atomic E-state index is -0.394. The molecule has 0 bridgehead atoms. The quantitative estimate of drug-likeness (QED) is 0.665. The van der Waals surface area contributed by atoms with Gasteiger partial charge in [-0.25, -0.2) is 0 Å². The van der Waals surface area contributed by atoms with Crippen LogP contribution in [0.4, 0.5) is 0 Å². The van der Waals surface area contributed by atoms with Crippen molar-refractivity contribution in [3.05, 3.63) is 54.1 Å². The van der Waals surface area contributed by atoms with Crippen molar-refractivity contribution in [1.82, 2.24) is 0 Å². The summed E-state index contributed by atoms with van der Waals surface area (Å²) in [6, 6.07) is 15.2. The smallest absolute Gasteiger partial charge is 0.308 e. The molecule has 2 aromatic carbocycles. The van der Waals surface area contributed by atoms with E-state index in [0.717, 1.165) is 11.1 Å². The zero-order chi connectivity index (χ0) is 13.0. The second-order valence-electron chi connectivity index (χ2n) is 3.94. The SMILES string of the molecule is CC(=O)Oc1cc(-c2ccccc2)ccc1CO. The molecule has 0 spiro atoms. The molecule has 0 saturated heterocycles. The van der Waals surface area contributed by atoms with Gasteiger partial charge in [0.2, 0.25) is 0 Å². The van der Waals surface area contributed by atoms with E-state index in [2.05, 4.69) is 0 Å². The van der Waals surface area contributed by atoms with E-state index in [1.54, 1.807) is 12.1 Å². The van der Waals surface area contributed by atoms with E-state index >= 15 is 0 Å². The lowest BCUT2D eigenvalue weighted by molar-refractivity contribution is -0.131. The van der Waals surface area contributed by atoms with Crippen molar-refractivity contribution < 1.29 is 14.6 Å². The van der Waals surface area contributed by atoms with Crippen LogP contribution in [0, 0.1) is 0 Å². The van der Waals surface area contributed by atoms with Gasteiger partial charge in [-0.3, -0.25) is 4.79 Å². The predicted molar refractivity (Wildman–Crippen MR) is 69.1 cm³/mol. The van der Waals surface area contributed by atoms with Crippen molar-refractivity contribution in [2.45, 2.75) is 13.5 Å². The molecule has 0 atom stereocenters. The molecule has 0 amide bonds. The maximum atomic E-state index is 11.0. The zero-order valence-electron chi connectivity index (χ0n) is 10.1. The normalized spacial score (nSPS) is 10.1. The van der Waals surface area contributed by atoms with Crippen molar-refractivity contribution in [2.24, 2.45) is 0 Å². The van der Waals surface area contributed by atoms with Crippen LogP contribution in [0.1, 0.15) is 12.5 Å². The Hall–Kier alpha value is -2.13. The number of carbonyl (C=O) groups is 1.